The molecule has 0 aromatic carbocycles. The molecule has 0 bridgehead atoms. The van der Waals surface area contributed by atoms with Gasteiger partial charge in [-0.05, 0) is 109 Å². The molecule has 0 spiro atoms. The lowest BCUT2D eigenvalue weighted by atomic mass is 10.0. The van der Waals surface area contributed by atoms with Gasteiger partial charge in [0.2, 0.25) is 5.91 Å². The lowest BCUT2D eigenvalue weighted by Crippen LogP contribution is -2.47. The van der Waals surface area contributed by atoms with Crippen molar-refractivity contribution in [2.24, 2.45) is 0 Å². The molecule has 0 radical (unpaired) electrons. The number of ether oxygens (including phenoxy) is 1. The number of nitrogens with one attached hydrogen (secondary N) is 1. The zero-order chi connectivity index (χ0) is 55.7. The van der Waals surface area contributed by atoms with Crippen LogP contribution in [0.15, 0.2) is 85.1 Å². The number of likely N-dealkylation sites (N-methyl/N-ethyl adjacent to an activating group) is 1. The van der Waals surface area contributed by atoms with Crippen LogP contribution in [0.4, 0.5) is 0 Å². The van der Waals surface area contributed by atoms with Crippen molar-refractivity contribution in [3.63, 3.8) is 0 Å². The molecule has 2 N–H and O–H groups in total. The summed E-state index contributed by atoms with van der Waals surface area (Å²) < 4.78 is 30.7. The fourth-order valence-corrected chi connectivity index (χ4v) is 9.39. The molecule has 0 aromatic rings. The van der Waals surface area contributed by atoms with Gasteiger partial charge in [0.05, 0.1) is 33.8 Å². The van der Waals surface area contributed by atoms with E-state index in [1.54, 1.807) is 0 Å². The molecule has 0 aliphatic heterocycles. The second-order valence-corrected chi connectivity index (χ2v) is 23.7. The lowest BCUT2D eigenvalue weighted by Gasteiger charge is -2.27. The Balaban J connectivity index is 5.30. The smallest absolute Gasteiger partial charge is 0.456 e. The first kappa shape index (κ1) is 73.2. The molecule has 440 valence electrons. The molecule has 10 heteroatoms. The molecule has 3 atom stereocenters. The van der Waals surface area contributed by atoms with Crippen molar-refractivity contribution in [1.29, 1.82) is 0 Å². The van der Waals surface area contributed by atoms with Gasteiger partial charge >= 0.3 is 13.8 Å². The largest absolute Gasteiger partial charge is 0.472 e. The second kappa shape index (κ2) is 55.5. The zero-order valence-electron chi connectivity index (χ0n) is 50.2. The minimum atomic E-state index is -4.46. The van der Waals surface area contributed by atoms with Crippen LogP contribution in [-0.4, -0.2) is 74.3 Å². The Kier molecular flexibility index (Phi) is 53.5. The van der Waals surface area contributed by atoms with Gasteiger partial charge < -0.3 is 19.4 Å². The summed E-state index contributed by atoms with van der Waals surface area (Å²) in [5, 5.41) is 3.05. The summed E-state index contributed by atoms with van der Waals surface area (Å²) in [6.45, 7) is 6.94. The molecular weight excluding hydrogens is 964 g/mol. The maximum Gasteiger partial charge on any atom is 0.472 e. The van der Waals surface area contributed by atoms with Gasteiger partial charge in [-0.3, -0.25) is 18.6 Å². The number of amides is 1. The van der Waals surface area contributed by atoms with E-state index in [1.807, 2.05) is 33.3 Å². The van der Waals surface area contributed by atoms with Crippen molar-refractivity contribution in [3.8, 4) is 0 Å². The summed E-state index contributed by atoms with van der Waals surface area (Å²) in [5.74, 6) is -0.535. The van der Waals surface area contributed by atoms with Crippen LogP contribution >= 0.6 is 7.82 Å². The molecule has 9 nitrogen and oxygen atoms in total. The van der Waals surface area contributed by atoms with E-state index in [0.29, 0.717) is 17.4 Å². The van der Waals surface area contributed by atoms with E-state index in [9.17, 15) is 19.0 Å². The predicted octanol–water partition coefficient (Wildman–Crippen LogP) is 19.4. The highest BCUT2D eigenvalue weighted by Crippen LogP contribution is 2.43. The van der Waals surface area contributed by atoms with Gasteiger partial charge in [0.1, 0.15) is 19.3 Å². The number of phosphoric acid groups is 1. The number of rotatable bonds is 56. The first-order valence-corrected chi connectivity index (χ1v) is 32.9. The molecule has 0 aliphatic carbocycles. The molecule has 0 fully saturated rings. The van der Waals surface area contributed by atoms with Gasteiger partial charge in [-0.25, -0.2) is 4.57 Å². The molecule has 76 heavy (non-hydrogen) atoms. The molecule has 1 amide bonds. The number of quaternary nitrogens is 1. The van der Waals surface area contributed by atoms with Crippen LogP contribution in [0.25, 0.3) is 0 Å². The van der Waals surface area contributed by atoms with Gasteiger partial charge in [-0.1, -0.05) is 235 Å². The first-order chi connectivity index (χ1) is 36.9. The molecule has 0 aromatic heterocycles. The monoisotopic (exact) mass is 1080 g/mol. The highest BCUT2D eigenvalue weighted by Gasteiger charge is 2.30. The van der Waals surface area contributed by atoms with Crippen molar-refractivity contribution in [1.82, 2.24) is 5.32 Å². The van der Waals surface area contributed by atoms with E-state index < -0.39 is 20.0 Å². The summed E-state index contributed by atoms with van der Waals surface area (Å²) in [6, 6.07) is -0.866. The van der Waals surface area contributed by atoms with Gasteiger partial charge in [0.15, 0.2) is 0 Å². The van der Waals surface area contributed by atoms with E-state index in [1.165, 1.54) is 122 Å². The molecule has 0 saturated carbocycles. The SMILES string of the molecule is CCCCC/C=C\C/C=C\C/C=C\C/C=C\CCCCCCCC(=O)NC(COP(=O)(O)OCC[N+](C)(C)C)C(/C=C\CCCCCCCCCCCC)OC(=O)CCCCCCCCC/C=C\C/C=C\CCCCC. The summed E-state index contributed by atoms with van der Waals surface area (Å²) in [5.41, 5.74) is 0. The lowest BCUT2D eigenvalue weighted by molar-refractivity contribution is -0.870. The number of carbonyl (C=O) groups excluding carboxylic acids is 2. The number of nitrogens with zero attached hydrogens (tertiary/aromatic N) is 1. The van der Waals surface area contributed by atoms with Crippen LogP contribution in [0.2, 0.25) is 0 Å². The number of hydrogen-bond donors (Lipinski definition) is 2. The van der Waals surface area contributed by atoms with Gasteiger partial charge in [-0.2, -0.15) is 0 Å². The summed E-state index contributed by atoms with van der Waals surface area (Å²) in [6.07, 6.45) is 72.8. The van der Waals surface area contributed by atoms with Crippen LogP contribution < -0.4 is 5.32 Å². The maximum absolute atomic E-state index is 13.5. The molecule has 0 heterocycles. The second-order valence-electron chi connectivity index (χ2n) is 22.2. The van der Waals surface area contributed by atoms with Crippen molar-refractivity contribution in [2.75, 3.05) is 40.9 Å². The molecule has 3 unspecified atom stereocenters. The van der Waals surface area contributed by atoms with Crippen LogP contribution in [0.1, 0.15) is 271 Å². The number of hydrogen-bond acceptors (Lipinski definition) is 6. The number of unbranched alkanes of at least 4 members (excludes halogenated alkanes) is 28. The van der Waals surface area contributed by atoms with Crippen LogP contribution in [0.5, 0.6) is 0 Å². The Hall–Kier alpha value is -2.81. The summed E-state index contributed by atoms with van der Waals surface area (Å²) in [7, 11) is 1.47. The Morgan fingerprint density at radius 1 is 0.461 bits per heavy atom. The first-order valence-electron chi connectivity index (χ1n) is 31.4. The Labute approximate surface area is 469 Å². The summed E-state index contributed by atoms with van der Waals surface area (Å²) in [4.78, 5) is 37.7. The fourth-order valence-electron chi connectivity index (χ4n) is 8.66. The summed E-state index contributed by atoms with van der Waals surface area (Å²) >= 11 is 0. The van der Waals surface area contributed by atoms with Crippen LogP contribution in [0.3, 0.4) is 0 Å². The van der Waals surface area contributed by atoms with E-state index in [-0.39, 0.29) is 31.5 Å². The number of carbonyl (C=O) groups is 2. The zero-order valence-corrected chi connectivity index (χ0v) is 51.1. The minimum absolute atomic E-state index is 0.0315. The fraction of sp³-hybridized carbons (Fsp3) is 0.758. The van der Waals surface area contributed by atoms with E-state index in [2.05, 4.69) is 99.0 Å². The van der Waals surface area contributed by atoms with Crippen molar-refractivity contribution < 1.29 is 37.3 Å². The highest BCUT2D eigenvalue weighted by atomic mass is 31.2. The Bertz CT molecular complexity index is 1580. The minimum Gasteiger partial charge on any atom is -0.456 e. The Morgan fingerprint density at radius 3 is 1.22 bits per heavy atom. The average molecular weight is 1080 g/mol. The van der Waals surface area contributed by atoms with Crippen LogP contribution in [-0.2, 0) is 27.9 Å². The molecule has 0 aliphatic rings. The number of phosphoric ester groups is 1. The molecule has 0 saturated heterocycles. The van der Waals surface area contributed by atoms with Crippen molar-refractivity contribution in [2.45, 2.75) is 283 Å². The Morgan fingerprint density at radius 2 is 0.803 bits per heavy atom. The maximum atomic E-state index is 13.5. The normalized spacial score (nSPS) is 14.2. The molecular formula is C66H120N2O7P+. The average Bonchev–Trinajstić information content (AvgIpc) is 3.38. The highest BCUT2D eigenvalue weighted by molar-refractivity contribution is 7.47. The van der Waals surface area contributed by atoms with Crippen molar-refractivity contribution >= 4 is 19.7 Å². The predicted molar refractivity (Wildman–Crippen MR) is 328 cm³/mol. The van der Waals surface area contributed by atoms with Crippen molar-refractivity contribution in [3.05, 3.63) is 85.1 Å². The third kappa shape index (κ3) is 55.9. The van der Waals surface area contributed by atoms with Gasteiger partial charge in [0, 0.05) is 12.8 Å². The third-order valence-electron chi connectivity index (χ3n) is 13.6. The quantitative estimate of drug-likeness (QED) is 0.0205. The molecule has 0 rings (SSSR count). The third-order valence-corrected chi connectivity index (χ3v) is 14.5. The number of allylic oxidation sites excluding steroid dienone is 13. The van der Waals surface area contributed by atoms with Gasteiger partial charge in [0.25, 0.3) is 0 Å². The topological polar surface area (TPSA) is 111 Å². The van der Waals surface area contributed by atoms with E-state index in [4.69, 9.17) is 13.8 Å². The van der Waals surface area contributed by atoms with Gasteiger partial charge in [-0.15, -0.1) is 0 Å². The number of esters is 1. The van der Waals surface area contributed by atoms with E-state index >= 15 is 0 Å². The van der Waals surface area contributed by atoms with E-state index in [0.717, 1.165) is 116 Å². The van der Waals surface area contributed by atoms with Crippen LogP contribution in [0, 0.1) is 0 Å². The standard InChI is InChI=1S/C66H119N2O7P/c1-7-10-13-16-19-22-25-28-30-32-33-34-35-37-38-40-43-46-49-52-55-58-65(69)67-63(62-74-76(71,72)73-61-60-68(4,5)6)64(57-54-51-48-45-42-27-24-21-18-15-12-9-3)75-66(70)59-56-53-50-47-44-41-39-36-31-29-26-23-20-17-14-11-8-2/h19-20,22-23,28-31,33-34,37-38,54,57,63-64H,7-18,21,24-27,32,35-36,39-53,55-56,58-62H2,1-6H3,(H-,67,69,71,72)/p+1/b22-19-,23-20-,30-28-,31-29-,34-33-,38-37-,57-54-.